The molecule has 0 aliphatic carbocycles. The fourth-order valence-corrected chi connectivity index (χ4v) is 3.03. The summed E-state index contributed by atoms with van der Waals surface area (Å²) in [5.41, 5.74) is 2.73. The van der Waals surface area contributed by atoms with Gasteiger partial charge in [0.1, 0.15) is 0 Å². The first-order valence-electron chi connectivity index (χ1n) is 7.33. The third kappa shape index (κ3) is 2.46. The molecule has 0 amide bonds. The van der Waals surface area contributed by atoms with E-state index in [0.717, 1.165) is 16.9 Å². The highest BCUT2D eigenvalue weighted by Crippen LogP contribution is 2.43. The lowest BCUT2D eigenvalue weighted by molar-refractivity contribution is 0.171. The summed E-state index contributed by atoms with van der Waals surface area (Å²) in [6.45, 7) is 0.190. The van der Waals surface area contributed by atoms with Gasteiger partial charge >= 0.3 is 0 Å². The lowest BCUT2D eigenvalue weighted by Crippen LogP contribution is -2.00. The van der Waals surface area contributed by atoms with Gasteiger partial charge in [-0.15, -0.1) is 16.9 Å². The molecule has 0 radical (unpaired) electrons. The van der Waals surface area contributed by atoms with Gasteiger partial charge in [-0.1, -0.05) is 17.3 Å². The maximum Gasteiger partial charge on any atom is 0.231 e. The molecular weight excluding hydrogens is 326 g/mol. The van der Waals surface area contributed by atoms with E-state index in [2.05, 4.69) is 40.8 Å². The second kappa shape index (κ2) is 6.09. The van der Waals surface area contributed by atoms with Crippen molar-refractivity contribution < 1.29 is 14.2 Å². The highest BCUT2D eigenvalue weighted by molar-refractivity contribution is 7.98. The largest absolute Gasteiger partial charge is 0.493 e. The Kier molecular flexibility index (Phi) is 3.78. The van der Waals surface area contributed by atoms with Gasteiger partial charge in [-0.25, -0.2) is 4.68 Å². The molecule has 24 heavy (non-hydrogen) atoms. The maximum atomic E-state index is 5.49. The van der Waals surface area contributed by atoms with Gasteiger partial charge in [0.15, 0.2) is 11.5 Å². The molecule has 1 aliphatic rings. The first-order valence-corrected chi connectivity index (χ1v) is 8.56. The molecule has 122 valence electrons. The van der Waals surface area contributed by atoms with Crippen LogP contribution in [0.15, 0.2) is 47.5 Å². The number of rotatable bonds is 4. The third-order valence-electron chi connectivity index (χ3n) is 3.82. The van der Waals surface area contributed by atoms with Crippen molar-refractivity contribution in [2.24, 2.45) is 0 Å². The van der Waals surface area contributed by atoms with E-state index >= 15 is 0 Å². The number of methoxy groups -OCH3 is 1. The number of hydrogen-bond donors (Lipinski definition) is 0. The van der Waals surface area contributed by atoms with Gasteiger partial charge in [-0.2, -0.15) is 0 Å². The smallest absolute Gasteiger partial charge is 0.231 e. The molecule has 3 aromatic rings. The number of fused-ring (bicyclic) bond motifs is 1. The van der Waals surface area contributed by atoms with Crippen LogP contribution in [-0.4, -0.2) is 35.2 Å². The van der Waals surface area contributed by atoms with Crippen LogP contribution >= 0.6 is 11.8 Å². The van der Waals surface area contributed by atoms with Crippen LogP contribution in [0.3, 0.4) is 0 Å². The van der Waals surface area contributed by atoms with Gasteiger partial charge in [0.05, 0.1) is 24.7 Å². The summed E-state index contributed by atoms with van der Waals surface area (Å²) in [6.07, 6.45) is 3.80. The predicted molar refractivity (Wildman–Crippen MR) is 91.3 cm³/mol. The fourth-order valence-electron chi connectivity index (χ4n) is 2.62. The SMILES string of the molecule is COc1cc(-n2nncc2-c2ccc(SC)cc2)cc2c1OCO2. The first-order chi connectivity index (χ1) is 11.8. The lowest BCUT2D eigenvalue weighted by atomic mass is 10.1. The third-order valence-corrected chi connectivity index (χ3v) is 4.57. The number of ether oxygens (including phenoxy) is 3. The zero-order valence-corrected chi connectivity index (χ0v) is 14.0. The summed E-state index contributed by atoms with van der Waals surface area (Å²) in [5.74, 6) is 1.87. The average molecular weight is 341 g/mol. The summed E-state index contributed by atoms with van der Waals surface area (Å²) in [7, 11) is 1.60. The molecule has 4 rings (SSSR count). The molecule has 0 bridgehead atoms. The van der Waals surface area contributed by atoms with Crippen molar-refractivity contribution in [1.29, 1.82) is 0 Å². The second-order valence-electron chi connectivity index (χ2n) is 5.14. The zero-order valence-electron chi connectivity index (χ0n) is 13.2. The molecular formula is C17H15N3O3S. The van der Waals surface area contributed by atoms with Crippen LogP contribution in [0.25, 0.3) is 16.9 Å². The molecule has 0 N–H and O–H groups in total. The van der Waals surface area contributed by atoms with Gasteiger partial charge in [0, 0.05) is 22.6 Å². The van der Waals surface area contributed by atoms with E-state index in [1.807, 2.05) is 12.1 Å². The van der Waals surface area contributed by atoms with Gasteiger partial charge in [0.25, 0.3) is 0 Å². The Bertz CT molecular complexity index is 877. The van der Waals surface area contributed by atoms with Crippen molar-refractivity contribution >= 4 is 11.8 Å². The number of hydrogen-bond acceptors (Lipinski definition) is 6. The highest BCUT2D eigenvalue weighted by Gasteiger charge is 2.22. The predicted octanol–water partition coefficient (Wildman–Crippen LogP) is 3.39. The van der Waals surface area contributed by atoms with E-state index in [-0.39, 0.29) is 6.79 Å². The molecule has 0 fully saturated rings. The normalized spacial score (nSPS) is 12.4. The molecule has 0 saturated carbocycles. The van der Waals surface area contributed by atoms with Crippen molar-refractivity contribution in [3.8, 4) is 34.2 Å². The van der Waals surface area contributed by atoms with E-state index in [0.29, 0.717) is 17.2 Å². The lowest BCUT2D eigenvalue weighted by Gasteiger charge is -2.10. The molecule has 1 aromatic heterocycles. The van der Waals surface area contributed by atoms with E-state index < -0.39 is 0 Å². The van der Waals surface area contributed by atoms with Gasteiger partial charge in [-0.3, -0.25) is 0 Å². The zero-order chi connectivity index (χ0) is 16.5. The monoisotopic (exact) mass is 341 g/mol. The molecule has 0 saturated heterocycles. The quantitative estimate of drug-likeness (QED) is 0.678. The summed E-state index contributed by atoms with van der Waals surface area (Å²) >= 11 is 1.71. The van der Waals surface area contributed by atoms with Crippen LogP contribution in [0, 0.1) is 0 Å². The number of benzene rings is 2. The van der Waals surface area contributed by atoms with Crippen LogP contribution < -0.4 is 14.2 Å². The Morgan fingerprint density at radius 3 is 2.75 bits per heavy atom. The molecule has 2 aromatic carbocycles. The van der Waals surface area contributed by atoms with Crippen molar-refractivity contribution in [1.82, 2.24) is 15.0 Å². The molecule has 1 aliphatic heterocycles. The van der Waals surface area contributed by atoms with Crippen LogP contribution in [0.5, 0.6) is 17.2 Å². The summed E-state index contributed by atoms with van der Waals surface area (Å²) < 4.78 is 18.1. The Balaban J connectivity index is 1.80. The van der Waals surface area contributed by atoms with Gasteiger partial charge in [0.2, 0.25) is 12.5 Å². The van der Waals surface area contributed by atoms with Crippen LogP contribution in [0.1, 0.15) is 0 Å². The molecule has 0 atom stereocenters. The van der Waals surface area contributed by atoms with E-state index in [4.69, 9.17) is 14.2 Å². The molecule has 0 spiro atoms. The van der Waals surface area contributed by atoms with Crippen molar-refractivity contribution in [2.45, 2.75) is 4.90 Å². The van der Waals surface area contributed by atoms with E-state index in [1.165, 1.54) is 4.90 Å². The van der Waals surface area contributed by atoms with Crippen molar-refractivity contribution in [3.05, 3.63) is 42.6 Å². The van der Waals surface area contributed by atoms with E-state index in [1.54, 1.807) is 29.8 Å². The van der Waals surface area contributed by atoms with Crippen molar-refractivity contribution in [2.75, 3.05) is 20.2 Å². The number of aromatic nitrogens is 3. The van der Waals surface area contributed by atoms with Crippen LogP contribution in [-0.2, 0) is 0 Å². The fraction of sp³-hybridized carbons (Fsp3) is 0.176. The average Bonchev–Trinajstić information content (AvgIpc) is 3.29. The number of thioether (sulfide) groups is 1. The standard InChI is InChI=1S/C17H15N3O3S/c1-21-15-7-12(8-16-17(15)23-10-22-16)20-14(9-18-19-20)11-3-5-13(24-2)6-4-11/h3-9H,10H2,1-2H3. The Morgan fingerprint density at radius 2 is 2.00 bits per heavy atom. The minimum Gasteiger partial charge on any atom is -0.493 e. The summed E-state index contributed by atoms with van der Waals surface area (Å²) in [5, 5.41) is 8.28. The van der Waals surface area contributed by atoms with E-state index in [9.17, 15) is 0 Å². The minimum atomic E-state index is 0.190. The highest BCUT2D eigenvalue weighted by atomic mass is 32.2. The van der Waals surface area contributed by atoms with Gasteiger partial charge in [-0.05, 0) is 18.4 Å². The maximum absolute atomic E-state index is 5.49. The number of nitrogens with zero attached hydrogens (tertiary/aromatic N) is 3. The summed E-state index contributed by atoms with van der Waals surface area (Å²) in [4.78, 5) is 1.21. The second-order valence-corrected chi connectivity index (χ2v) is 6.02. The summed E-state index contributed by atoms with van der Waals surface area (Å²) in [6, 6.07) is 12.0. The Hall–Kier alpha value is -2.67. The topological polar surface area (TPSA) is 58.4 Å². The first kappa shape index (κ1) is 14.9. The minimum absolute atomic E-state index is 0.190. The molecule has 0 unspecified atom stereocenters. The van der Waals surface area contributed by atoms with Crippen LogP contribution in [0.4, 0.5) is 0 Å². The van der Waals surface area contributed by atoms with Crippen molar-refractivity contribution in [3.63, 3.8) is 0 Å². The van der Waals surface area contributed by atoms with Crippen LogP contribution in [0.2, 0.25) is 0 Å². The van der Waals surface area contributed by atoms with Gasteiger partial charge < -0.3 is 14.2 Å². The Labute approximate surface area is 143 Å². The Morgan fingerprint density at radius 1 is 1.17 bits per heavy atom. The molecule has 2 heterocycles. The molecule has 7 heteroatoms. The molecule has 6 nitrogen and oxygen atoms in total.